The van der Waals surface area contributed by atoms with Gasteiger partial charge in [0.2, 0.25) is 0 Å². The van der Waals surface area contributed by atoms with Gasteiger partial charge in [-0.25, -0.2) is 0 Å². The van der Waals surface area contributed by atoms with Crippen LogP contribution in [0.3, 0.4) is 0 Å². The average Bonchev–Trinajstić information content (AvgIpc) is 3.26. The maximum Gasteiger partial charge on any atom is 0.265 e. The normalized spacial score (nSPS) is 17.8. The van der Waals surface area contributed by atoms with E-state index in [2.05, 4.69) is 35.1 Å². The maximum atomic E-state index is 12.2. The van der Waals surface area contributed by atoms with E-state index in [1.807, 2.05) is 12.1 Å². The van der Waals surface area contributed by atoms with Crippen molar-refractivity contribution in [2.45, 2.75) is 19.4 Å². The van der Waals surface area contributed by atoms with Crippen LogP contribution in [-0.2, 0) is 0 Å². The quantitative estimate of drug-likeness (QED) is 0.736. The molecular formula is C13H14N8OS. The van der Waals surface area contributed by atoms with E-state index in [4.69, 9.17) is 0 Å². The number of anilines is 1. The van der Waals surface area contributed by atoms with Crippen molar-refractivity contribution < 1.29 is 4.79 Å². The lowest BCUT2D eigenvalue weighted by molar-refractivity contribution is 0.0943. The summed E-state index contributed by atoms with van der Waals surface area (Å²) >= 11 is 1.12. The van der Waals surface area contributed by atoms with Gasteiger partial charge in [-0.3, -0.25) is 4.79 Å². The summed E-state index contributed by atoms with van der Waals surface area (Å²) in [4.78, 5) is 14.9. The van der Waals surface area contributed by atoms with E-state index in [9.17, 15) is 4.79 Å². The first kappa shape index (κ1) is 14.0. The van der Waals surface area contributed by atoms with Crippen molar-refractivity contribution in [2.24, 2.45) is 0 Å². The minimum absolute atomic E-state index is 0.0856. The van der Waals surface area contributed by atoms with Crippen LogP contribution in [0.25, 0.3) is 5.65 Å². The number of aromatic nitrogens is 6. The Labute approximate surface area is 135 Å². The fraction of sp³-hybridized carbons (Fsp3) is 0.385. The smallest absolute Gasteiger partial charge is 0.265 e. The molecule has 4 heterocycles. The van der Waals surface area contributed by atoms with E-state index >= 15 is 0 Å². The molecule has 1 saturated heterocycles. The molecule has 10 heteroatoms. The SMILES string of the molecule is Cc1nnsc1C(=O)N[C@@H]1CCN(c2ccc3nncn3n2)C1. The molecule has 1 amide bonds. The predicted octanol–water partition coefficient (Wildman–Crippen LogP) is 0.293. The summed E-state index contributed by atoms with van der Waals surface area (Å²) in [6, 6.07) is 3.89. The van der Waals surface area contributed by atoms with E-state index in [0.717, 1.165) is 36.9 Å². The number of carbonyl (C=O) groups is 1. The standard InChI is InChI=1S/C13H14N8OS/c1-8-12(23-19-16-8)13(22)15-9-4-5-20(6-9)11-3-2-10-17-14-7-21(10)18-11/h2-3,7,9H,4-6H2,1H3,(H,15,22)/t9-/m1/s1. The molecule has 1 aliphatic rings. The van der Waals surface area contributed by atoms with E-state index in [1.54, 1.807) is 17.8 Å². The van der Waals surface area contributed by atoms with Gasteiger partial charge in [0.25, 0.3) is 5.91 Å². The van der Waals surface area contributed by atoms with E-state index < -0.39 is 0 Å². The summed E-state index contributed by atoms with van der Waals surface area (Å²) in [5.74, 6) is 0.747. The monoisotopic (exact) mass is 330 g/mol. The maximum absolute atomic E-state index is 12.2. The van der Waals surface area contributed by atoms with Crippen LogP contribution in [0.15, 0.2) is 18.5 Å². The highest BCUT2D eigenvalue weighted by atomic mass is 32.1. The van der Waals surface area contributed by atoms with Crippen molar-refractivity contribution in [2.75, 3.05) is 18.0 Å². The Kier molecular flexibility index (Phi) is 3.37. The fourth-order valence-electron chi connectivity index (χ4n) is 2.66. The molecule has 118 valence electrons. The van der Waals surface area contributed by atoms with Gasteiger partial charge < -0.3 is 10.2 Å². The lowest BCUT2D eigenvalue weighted by atomic mass is 10.2. The van der Waals surface area contributed by atoms with Gasteiger partial charge in [-0.2, -0.15) is 4.52 Å². The first-order chi connectivity index (χ1) is 11.2. The molecule has 3 aromatic rings. The second kappa shape index (κ2) is 5.54. The Morgan fingerprint density at radius 3 is 3.13 bits per heavy atom. The lowest BCUT2D eigenvalue weighted by Crippen LogP contribution is -2.37. The number of aryl methyl sites for hydroxylation is 1. The summed E-state index contributed by atoms with van der Waals surface area (Å²) in [5, 5.41) is 19.2. The molecule has 23 heavy (non-hydrogen) atoms. The third kappa shape index (κ3) is 2.61. The molecule has 0 bridgehead atoms. The first-order valence-electron chi connectivity index (χ1n) is 7.22. The number of nitrogens with one attached hydrogen (secondary N) is 1. The molecule has 0 saturated carbocycles. The van der Waals surface area contributed by atoms with E-state index in [-0.39, 0.29) is 11.9 Å². The molecule has 3 aromatic heterocycles. The number of hydrogen-bond donors (Lipinski definition) is 1. The number of carbonyl (C=O) groups excluding carboxylic acids is 1. The molecule has 4 rings (SSSR count). The van der Waals surface area contributed by atoms with Gasteiger partial charge in [0.1, 0.15) is 17.0 Å². The van der Waals surface area contributed by atoms with E-state index in [0.29, 0.717) is 16.2 Å². The van der Waals surface area contributed by atoms with Crippen molar-refractivity contribution in [3.05, 3.63) is 29.0 Å². The molecule has 1 aliphatic heterocycles. The van der Waals surface area contributed by atoms with Crippen LogP contribution >= 0.6 is 11.5 Å². The average molecular weight is 330 g/mol. The number of fused-ring (bicyclic) bond motifs is 1. The highest BCUT2D eigenvalue weighted by Gasteiger charge is 2.26. The number of amides is 1. The Balaban J connectivity index is 1.44. The Bertz CT molecular complexity index is 858. The third-order valence-electron chi connectivity index (χ3n) is 3.85. The summed E-state index contributed by atoms with van der Waals surface area (Å²) in [7, 11) is 0. The number of hydrogen-bond acceptors (Lipinski definition) is 8. The minimum Gasteiger partial charge on any atom is -0.353 e. The summed E-state index contributed by atoms with van der Waals surface area (Å²) < 4.78 is 5.45. The molecule has 0 unspecified atom stereocenters. The van der Waals surface area contributed by atoms with Crippen molar-refractivity contribution in [3.63, 3.8) is 0 Å². The van der Waals surface area contributed by atoms with Crippen LogP contribution in [0.4, 0.5) is 5.82 Å². The van der Waals surface area contributed by atoms with Crippen molar-refractivity contribution in [3.8, 4) is 0 Å². The van der Waals surface area contributed by atoms with Gasteiger partial charge in [0, 0.05) is 19.1 Å². The Hall–Kier alpha value is -2.62. The highest BCUT2D eigenvalue weighted by molar-refractivity contribution is 7.08. The molecule has 1 N–H and O–H groups in total. The second-order valence-corrected chi connectivity index (χ2v) is 6.17. The van der Waals surface area contributed by atoms with Crippen LogP contribution in [0.1, 0.15) is 21.8 Å². The molecule has 0 radical (unpaired) electrons. The van der Waals surface area contributed by atoms with Crippen LogP contribution in [0.5, 0.6) is 0 Å². The molecule has 1 fully saturated rings. The molecular weight excluding hydrogens is 316 g/mol. The molecule has 1 atom stereocenters. The van der Waals surface area contributed by atoms with Gasteiger partial charge in [-0.15, -0.1) is 20.4 Å². The Morgan fingerprint density at radius 1 is 1.39 bits per heavy atom. The van der Waals surface area contributed by atoms with Gasteiger partial charge in [-0.05, 0) is 37.0 Å². The zero-order valence-electron chi connectivity index (χ0n) is 12.4. The van der Waals surface area contributed by atoms with Crippen LogP contribution in [-0.4, -0.2) is 54.4 Å². The van der Waals surface area contributed by atoms with Gasteiger partial charge in [-0.1, -0.05) is 4.49 Å². The summed E-state index contributed by atoms with van der Waals surface area (Å²) in [6.07, 6.45) is 2.45. The third-order valence-corrected chi connectivity index (χ3v) is 4.68. The Morgan fingerprint density at radius 2 is 2.30 bits per heavy atom. The van der Waals surface area contributed by atoms with E-state index in [1.165, 1.54) is 0 Å². The zero-order chi connectivity index (χ0) is 15.8. The second-order valence-electron chi connectivity index (χ2n) is 5.42. The first-order valence-corrected chi connectivity index (χ1v) is 8.00. The minimum atomic E-state index is -0.105. The predicted molar refractivity (Wildman–Crippen MR) is 83.5 cm³/mol. The summed E-state index contributed by atoms with van der Waals surface area (Å²) in [5.41, 5.74) is 1.38. The number of nitrogens with zero attached hydrogens (tertiary/aromatic N) is 7. The fourth-order valence-corrected chi connectivity index (χ4v) is 3.22. The van der Waals surface area contributed by atoms with Gasteiger partial charge in [0.15, 0.2) is 5.65 Å². The van der Waals surface area contributed by atoms with Crippen LogP contribution < -0.4 is 10.2 Å². The van der Waals surface area contributed by atoms with Gasteiger partial charge >= 0.3 is 0 Å². The largest absolute Gasteiger partial charge is 0.353 e. The molecule has 0 aromatic carbocycles. The van der Waals surface area contributed by atoms with Gasteiger partial charge in [0.05, 0.1) is 5.69 Å². The molecule has 0 aliphatic carbocycles. The summed E-state index contributed by atoms with van der Waals surface area (Å²) in [6.45, 7) is 3.35. The topological polar surface area (TPSA) is 101 Å². The number of rotatable bonds is 3. The van der Waals surface area contributed by atoms with Crippen molar-refractivity contribution >= 4 is 28.9 Å². The molecule has 9 nitrogen and oxygen atoms in total. The highest BCUT2D eigenvalue weighted by Crippen LogP contribution is 2.19. The zero-order valence-corrected chi connectivity index (χ0v) is 13.2. The van der Waals surface area contributed by atoms with Crippen molar-refractivity contribution in [1.82, 2.24) is 34.7 Å². The lowest BCUT2D eigenvalue weighted by Gasteiger charge is -2.17. The molecule has 0 spiro atoms. The van der Waals surface area contributed by atoms with Crippen LogP contribution in [0.2, 0.25) is 0 Å². The van der Waals surface area contributed by atoms with Crippen molar-refractivity contribution in [1.29, 1.82) is 0 Å². The van der Waals surface area contributed by atoms with Crippen LogP contribution in [0, 0.1) is 6.92 Å².